The summed E-state index contributed by atoms with van der Waals surface area (Å²) in [7, 11) is 0. The minimum Gasteiger partial charge on any atom is -0.478 e. The van der Waals surface area contributed by atoms with Crippen LogP contribution in [0.1, 0.15) is 20.8 Å². The number of fused-ring (bicyclic) bond motifs is 1. The molecule has 1 aromatic carbocycles. The van der Waals surface area contributed by atoms with Crippen molar-refractivity contribution >= 4 is 46.6 Å². The molecule has 3 heterocycles. The van der Waals surface area contributed by atoms with Gasteiger partial charge in [0.1, 0.15) is 6.54 Å². The molecule has 0 aliphatic carbocycles. The third-order valence-corrected chi connectivity index (χ3v) is 5.89. The minimum absolute atomic E-state index is 0.0576. The molecular formula is C23H19N3O4S. The van der Waals surface area contributed by atoms with E-state index in [0.717, 1.165) is 10.4 Å². The second-order valence-corrected chi connectivity index (χ2v) is 7.95. The van der Waals surface area contributed by atoms with Crippen LogP contribution in [-0.4, -0.2) is 41.0 Å². The Morgan fingerprint density at radius 1 is 1.13 bits per heavy atom. The fourth-order valence-electron chi connectivity index (χ4n) is 3.39. The number of aromatic nitrogens is 1. The van der Waals surface area contributed by atoms with Gasteiger partial charge >= 0.3 is 5.97 Å². The van der Waals surface area contributed by atoms with Crippen LogP contribution in [0.3, 0.4) is 0 Å². The summed E-state index contributed by atoms with van der Waals surface area (Å²) >= 11 is 1.62. The molecule has 0 saturated carbocycles. The Bertz CT molecular complexity index is 1140. The third kappa shape index (κ3) is 4.54. The van der Waals surface area contributed by atoms with Crippen LogP contribution in [0, 0.1) is 0 Å². The molecule has 1 aliphatic heterocycles. The van der Waals surface area contributed by atoms with E-state index in [-0.39, 0.29) is 18.0 Å². The normalized spacial score (nSPS) is 13.5. The minimum atomic E-state index is -1.09. The molecule has 8 heteroatoms. The van der Waals surface area contributed by atoms with E-state index in [2.05, 4.69) is 4.98 Å². The summed E-state index contributed by atoms with van der Waals surface area (Å²) in [6.45, 7) is 0.299. The van der Waals surface area contributed by atoms with E-state index in [0.29, 0.717) is 24.3 Å². The fourth-order valence-corrected chi connectivity index (χ4v) is 4.09. The summed E-state index contributed by atoms with van der Waals surface area (Å²) in [6.07, 6.45) is 6.93. The van der Waals surface area contributed by atoms with Gasteiger partial charge in [-0.1, -0.05) is 6.07 Å². The summed E-state index contributed by atoms with van der Waals surface area (Å²) in [6, 6.07) is 12.0. The van der Waals surface area contributed by atoms with Gasteiger partial charge in [0.2, 0.25) is 5.91 Å². The average Bonchev–Trinajstić information content (AvgIpc) is 3.30. The van der Waals surface area contributed by atoms with Crippen LogP contribution in [0.25, 0.3) is 6.08 Å². The van der Waals surface area contributed by atoms with Gasteiger partial charge in [0, 0.05) is 29.9 Å². The Balaban J connectivity index is 1.65. The maximum Gasteiger partial charge on any atom is 0.335 e. The van der Waals surface area contributed by atoms with Crippen LogP contribution < -0.4 is 9.80 Å². The van der Waals surface area contributed by atoms with Crippen molar-refractivity contribution < 1.29 is 19.5 Å². The van der Waals surface area contributed by atoms with Crippen molar-refractivity contribution in [3.63, 3.8) is 0 Å². The number of amides is 2. The molecule has 156 valence electrons. The number of thiophene rings is 1. The monoisotopic (exact) mass is 433 g/mol. The summed E-state index contributed by atoms with van der Waals surface area (Å²) in [5.41, 5.74) is 1.80. The first kappa shape index (κ1) is 20.5. The summed E-state index contributed by atoms with van der Waals surface area (Å²) < 4.78 is 0. The van der Waals surface area contributed by atoms with Gasteiger partial charge in [-0.25, -0.2) is 4.79 Å². The van der Waals surface area contributed by atoms with Crippen molar-refractivity contribution in [1.29, 1.82) is 0 Å². The van der Waals surface area contributed by atoms with Crippen LogP contribution in [0.2, 0.25) is 0 Å². The molecule has 0 atom stereocenters. The molecule has 0 fully saturated rings. The maximum absolute atomic E-state index is 12.9. The lowest BCUT2D eigenvalue weighted by Crippen LogP contribution is -2.48. The largest absolute Gasteiger partial charge is 0.478 e. The molecule has 0 spiro atoms. The molecule has 2 aromatic heterocycles. The number of carboxylic acids is 1. The molecule has 0 radical (unpaired) electrons. The molecule has 1 aliphatic rings. The lowest BCUT2D eigenvalue weighted by atomic mass is 10.1. The molecule has 0 bridgehead atoms. The van der Waals surface area contributed by atoms with Crippen molar-refractivity contribution in [3.05, 3.63) is 82.3 Å². The summed E-state index contributed by atoms with van der Waals surface area (Å²) in [5, 5.41) is 11.4. The van der Waals surface area contributed by atoms with Crippen LogP contribution in [0.15, 0.2) is 66.3 Å². The first-order valence-electron chi connectivity index (χ1n) is 9.62. The van der Waals surface area contributed by atoms with Crippen molar-refractivity contribution in [2.24, 2.45) is 0 Å². The number of anilines is 2. The van der Waals surface area contributed by atoms with Crippen LogP contribution in [-0.2, 0) is 16.0 Å². The van der Waals surface area contributed by atoms with Crippen molar-refractivity contribution in [1.82, 2.24) is 4.98 Å². The number of benzene rings is 1. The van der Waals surface area contributed by atoms with Gasteiger partial charge in [-0.15, -0.1) is 11.3 Å². The Hall–Kier alpha value is -3.78. The van der Waals surface area contributed by atoms with Crippen molar-refractivity contribution in [3.8, 4) is 0 Å². The zero-order chi connectivity index (χ0) is 21.8. The standard InChI is InChI=1S/C23H19N3O4S/c27-21(6-3-16-7-10-24-11-8-16)26-15-22(28)25(12-9-18-2-1-13-31-18)19-5-4-17(23(29)30)14-20(19)26/h1-8,10-11,13-14H,9,12,15H2,(H,29,30)/b6-3+. The smallest absolute Gasteiger partial charge is 0.335 e. The number of carbonyl (C=O) groups excluding carboxylic acids is 2. The van der Waals surface area contributed by atoms with Gasteiger partial charge in [-0.05, 0) is 59.8 Å². The number of nitrogens with zero attached hydrogens (tertiary/aromatic N) is 3. The zero-order valence-corrected chi connectivity index (χ0v) is 17.3. The number of pyridine rings is 1. The Morgan fingerprint density at radius 2 is 1.94 bits per heavy atom. The summed E-state index contributed by atoms with van der Waals surface area (Å²) in [4.78, 5) is 45.4. The second kappa shape index (κ2) is 8.93. The predicted molar refractivity (Wildman–Crippen MR) is 119 cm³/mol. The van der Waals surface area contributed by atoms with Crippen molar-refractivity contribution in [2.75, 3.05) is 22.9 Å². The second-order valence-electron chi connectivity index (χ2n) is 6.92. The zero-order valence-electron chi connectivity index (χ0n) is 16.5. The van der Waals surface area contributed by atoms with E-state index in [1.54, 1.807) is 52.9 Å². The fraction of sp³-hybridized carbons (Fsp3) is 0.130. The molecule has 1 N–H and O–H groups in total. The van der Waals surface area contributed by atoms with Crippen LogP contribution in [0.5, 0.6) is 0 Å². The van der Waals surface area contributed by atoms with Gasteiger partial charge < -0.3 is 10.0 Å². The Kier molecular flexibility index (Phi) is 5.90. The molecule has 7 nitrogen and oxygen atoms in total. The number of hydrogen-bond donors (Lipinski definition) is 1. The Labute approximate surface area is 182 Å². The molecule has 0 unspecified atom stereocenters. The molecule has 3 aromatic rings. The van der Waals surface area contributed by atoms with E-state index < -0.39 is 11.9 Å². The third-order valence-electron chi connectivity index (χ3n) is 4.95. The highest BCUT2D eigenvalue weighted by Gasteiger charge is 2.32. The quantitative estimate of drug-likeness (QED) is 0.601. The number of hydrogen-bond acceptors (Lipinski definition) is 5. The number of carboxylic acid groups (broad SMARTS) is 1. The van der Waals surface area contributed by atoms with Gasteiger partial charge in [0.25, 0.3) is 5.91 Å². The van der Waals surface area contributed by atoms with E-state index >= 15 is 0 Å². The molecule has 2 amide bonds. The van der Waals surface area contributed by atoms with E-state index in [9.17, 15) is 19.5 Å². The number of rotatable bonds is 6. The highest BCUT2D eigenvalue weighted by atomic mass is 32.1. The SMILES string of the molecule is O=C(O)c1ccc2c(c1)N(C(=O)/C=C/c1ccncc1)CC(=O)N2CCc1cccs1. The molecular weight excluding hydrogens is 414 g/mol. The average molecular weight is 433 g/mol. The van der Waals surface area contributed by atoms with Gasteiger partial charge in [0.05, 0.1) is 16.9 Å². The van der Waals surface area contributed by atoms with Crippen molar-refractivity contribution in [2.45, 2.75) is 6.42 Å². The lowest BCUT2D eigenvalue weighted by Gasteiger charge is -2.36. The molecule has 4 rings (SSSR count). The van der Waals surface area contributed by atoms with Crippen LogP contribution in [0.4, 0.5) is 11.4 Å². The number of aromatic carboxylic acids is 1. The van der Waals surface area contributed by atoms with Gasteiger partial charge in [0.15, 0.2) is 0 Å². The molecule has 31 heavy (non-hydrogen) atoms. The predicted octanol–water partition coefficient (Wildman–Crippen LogP) is 3.48. The van der Waals surface area contributed by atoms with Crippen LogP contribution >= 0.6 is 11.3 Å². The lowest BCUT2D eigenvalue weighted by molar-refractivity contribution is -0.120. The highest BCUT2D eigenvalue weighted by molar-refractivity contribution is 7.09. The van der Waals surface area contributed by atoms with E-state index in [1.807, 2.05) is 17.5 Å². The summed E-state index contributed by atoms with van der Waals surface area (Å²) in [5.74, 6) is -1.70. The van der Waals surface area contributed by atoms with E-state index in [1.165, 1.54) is 23.1 Å². The highest BCUT2D eigenvalue weighted by Crippen LogP contribution is 2.35. The molecule has 0 saturated heterocycles. The Morgan fingerprint density at radius 3 is 2.65 bits per heavy atom. The first-order valence-corrected chi connectivity index (χ1v) is 10.5. The van der Waals surface area contributed by atoms with Gasteiger partial charge in [-0.2, -0.15) is 0 Å². The first-order chi connectivity index (χ1) is 15.0. The van der Waals surface area contributed by atoms with Gasteiger partial charge in [-0.3, -0.25) is 19.5 Å². The maximum atomic E-state index is 12.9. The van der Waals surface area contributed by atoms with E-state index in [4.69, 9.17) is 0 Å². The number of carbonyl (C=O) groups is 3. The topological polar surface area (TPSA) is 90.8 Å².